The third-order valence-corrected chi connectivity index (χ3v) is 12.8. The van der Waals surface area contributed by atoms with Crippen LogP contribution >= 0.6 is 0 Å². The molecule has 0 saturated carbocycles. The lowest BCUT2D eigenvalue weighted by Crippen LogP contribution is -2.53. The van der Waals surface area contributed by atoms with Gasteiger partial charge in [0.1, 0.15) is 25.9 Å². The second kappa shape index (κ2) is 37.6. The zero-order valence-corrected chi connectivity index (χ0v) is 45.5. The van der Waals surface area contributed by atoms with Crippen molar-refractivity contribution in [2.75, 3.05) is 118 Å². The zero-order valence-electron chi connectivity index (χ0n) is 45.5. The third kappa shape index (κ3) is 24.4. The Morgan fingerprint density at radius 1 is 0.480 bits per heavy atom. The predicted octanol–water partition coefficient (Wildman–Crippen LogP) is 1.90. The van der Waals surface area contributed by atoms with Crippen molar-refractivity contribution in [2.24, 2.45) is 28.9 Å². The third-order valence-electron chi connectivity index (χ3n) is 12.8. The summed E-state index contributed by atoms with van der Waals surface area (Å²) < 4.78 is 0. The van der Waals surface area contributed by atoms with E-state index in [1.165, 1.54) is 40.4 Å². The average molecular weight is 1050 g/mol. The minimum absolute atomic E-state index is 0.00922. The summed E-state index contributed by atoms with van der Waals surface area (Å²) in [6.07, 6.45) is 7.03. The summed E-state index contributed by atoms with van der Waals surface area (Å²) in [5.41, 5.74) is 24.5. The number of nitrogens with two attached hydrogens (primary N) is 4. The zero-order chi connectivity index (χ0) is 55.5. The first kappa shape index (κ1) is 65.1. The summed E-state index contributed by atoms with van der Waals surface area (Å²) in [7, 11) is 0. The molecule has 7 amide bonds. The summed E-state index contributed by atoms with van der Waals surface area (Å²) in [6.45, 7) is 11.8. The largest absolute Gasteiger partial charge is 0.334 e. The Labute approximate surface area is 446 Å². The molecular weight excluding hydrogens is 957 g/mol. The Morgan fingerprint density at radius 3 is 1.29 bits per heavy atom. The van der Waals surface area contributed by atoms with Crippen molar-refractivity contribution in [3.8, 4) is 0 Å². The Morgan fingerprint density at radius 2 is 0.853 bits per heavy atom. The van der Waals surface area contributed by atoms with Crippen LogP contribution in [0.5, 0.6) is 0 Å². The number of rotatable bonds is 40. The highest BCUT2D eigenvalue weighted by Crippen LogP contribution is 2.25. The van der Waals surface area contributed by atoms with Crippen molar-refractivity contribution < 1.29 is 38.4 Å². The lowest BCUT2D eigenvalue weighted by molar-refractivity contribution is -0.150. The first-order valence-electron chi connectivity index (χ1n) is 26.7. The van der Waals surface area contributed by atoms with Crippen molar-refractivity contribution in [1.82, 2.24) is 39.6 Å². The molecule has 2 atom stereocenters. The molecule has 2 aromatic carbocycles. The van der Waals surface area contributed by atoms with Gasteiger partial charge in [-0.05, 0) is 115 Å². The highest BCUT2D eigenvalue weighted by molar-refractivity contribution is 5.93. The van der Waals surface area contributed by atoms with Gasteiger partial charge in [0.15, 0.2) is 0 Å². The second-order valence-electron chi connectivity index (χ2n) is 19.2. The van der Waals surface area contributed by atoms with E-state index in [0.29, 0.717) is 89.6 Å². The molecule has 20 nitrogen and oxygen atoms in total. The number of nitrogens with zero attached hydrogens (tertiary/aromatic N) is 7. The minimum atomic E-state index is -0.694. The number of hydrogen-bond donors (Lipinski definition) is 5. The molecule has 0 aliphatic carbocycles. The smallest absolute Gasteiger partial charge is 0.243 e. The number of carbonyl (C=O) groups excluding carboxylic acids is 8. The molecule has 9 N–H and O–H groups in total. The van der Waals surface area contributed by atoms with Gasteiger partial charge >= 0.3 is 0 Å². The van der Waals surface area contributed by atoms with Crippen LogP contribution in [0.15, 0.2) is 73.3 Å². The van der Waals surface area contributed by atoms with E-state index in [1.807, 2.05) is 74.5 Å². The lowest BCUT2D eigenvalue weighted by atomic mass is 10.1. The molecule has 2 rings (SSSR count). The number of carbonyl (C=O) groups is 8. The van der Waals surface area contributed by atoms with E-state index < -0.39 is 73.7 Å². The second-order valence-corrected chi connectivity index (χ2v) is 19.2. The molecule has 2 unspecified atom stereocenters. The highest BCUT2D eigenvalue weighted by atomic mass is 16.2. The number of benzene rings is 2. The molecule has 0 aromatic heterocycles. The van der Waals surface area contributed by atoms with Crippen LogP contribution < -0.4 is 28.3 Å². The van der Waals surface area contributed by atoms with Crippen molar-refractivity contribution in [1.29, 1.82) is 0 Å². The van der Waals surface area contributed by atoms with Gasteiger partial charge in [-0.3, -0.25) is 33.6 Å². The monoisotopic (exact) mass is 1050 g/mol. The molecule has 75 heavy (non-hydrogen) atoms. The van der Waals surface area contributed by atoms with Crippen LogP contribution in [-0.2, 0) is 38.4 Å². The number of nitrogens with one attached hydrogen (secondary N) is 1. The van der Waals surface area contributed by atoms with E-state index in [9.17, 15) is 33.6 Å². The van der Waals surface area contributed by atoms with Crippen molar-refractivity contribution in [2.45, 2.75) is 91.1 Å². The van der Waals surface area contributed by atoms with Crippen molar-refractivity contribution in [3.05, 3.63) is 84.4 Å². The molecule has 0 aliphatic heterocycles. The molecule has 0 heterocycles. The van der Waals surface area contributed by atoms with Gasteiger partial charge in [0, 0.05) is 32.7 Å². The lowest BCUT2D eigenvalue weighted by Gasteiger charge is -2.36. The first-order valence-corrected chi connectivity index (χ1v) is 26.7. The van der Waals surface area contributed by atoms with E-state index >= 15 is 4.79 Å². The predicted molar refractivity (Wildman–Crippen MR) is 293 cm³/mol. The molecule has 20 heteroatoms. The Kier molecular flexibility index (Phi) is 32.6. The van der Waals surface area contributed by atoms with E-state index in [-0.39, 0.29) is 64.2 Å². The summed E-state index contributed by atoms with van der Waals surface area (Å²) in [4.78, 5) is 121. The van der Waals surface area contributed by atoms with Crippen LogP contribution in [0.4, 0.5) is 0 Å². The normalized spacial score (nSPS) is 11.8. The number of hydrogen-bond acceptors (Lipinski definition) is 13. The van der Waals surface area contributed by atoms with Gasteiger partial charge < -0.3 is 67.3 Å². The Bertz CT molecular complexity index is 2030. The van der Waals surface area contributed by atoms with Crippen molar-refractivity contribution >= 4 is 47.6 Å². The molecule has 2 aromatic rings. The maximum atomic E-state index is 15.0. The van der Waals surface area contributed by atoms with Gasteiger partial charge in [-0.1, -0.05) is 80.6 Å². The Balaban J connectivity index is 2.57. The fourth-order valence-corrected chi connectivity index (χ4v) is 8.37. The maximum Gasteiger partial charge on any atom is 0.243 e. The minimum Gasteiger partial charge on any atom is -0.334 e. The van der Waals surface area contributed by atoms with Crippen LogP contribution in [0.1, 0.15) is 102 Å². The van der Waals surface area contributed by atoms with E-state index in [0.717, 1.165) is 18.4 Å². The summed E-state index contributed by atoms with van der Waals surface area (Å²) in [6, 6.07) is 16.9. The number of aldehydes is 1. The standard InChI is InChI=1S/C55H90N12O8/c1-6-30-61(50(70)39-62(31-18-14-26-57)49(69)36-60-29-17-13-25-56)38-51(71)64(33-20-16-28-59)41-54(74)67(46(5)48-23-11-8-12-24-48)43-55(75)66(45(4)47-21-9-7-10-22-47)42-53(73)63(32-19-15-27-58)40-52(72)65(34-35-68)37-44(2)3/h6-12,21-24,35,44-46,60H,1,13-20,25-34,36-43,56-59H2,2-5H3. The van der Waals surface area contributed by atoms with E-state index in [1.54, 1.807) is 13.8 Å². The maximum absolute atomic E-state index is 15.0. The topological polar surface area (TPSA) is 275 Å². The highest BCUT2D eigenvalue weighted by Gasteiger charge is 2.34. The van der Waals surface area contributed by atoms with Crippen LogP contribution in [0.2, 0.25) is 0 Å². The van der Waals surface area contributed by atoms with Gasteiger partial charge in [0.05, 0.1) is 44.8 Å². The van der Waals surface area contributed by atoms with Crippen molar-refractivity contribution in [3.63, 3.8) is 0 Å². The average Bonchev–Trinajstić information content (AvgIpc) is 3.40. The van der Waals surface area contributed by atoms with Crippen LogP contribution in [0.25, 0.3) is 0 Å². The molecule has 0 bridgehead atoms. The van der Waals surface area contributed by atoms with Crippen LogP contribution in [-0.4, -0.2) is 200 Å². The van der Waals surface area contributed by atoms with Gasteiger partial charge in [0.2, 0.25) is 41.4 Å². The fraction of sp³-hybridized carbons (Fsp3) is 0.600. The summed E-state index contributed by atoms with van der Waals surface area (Å²) in [5.74, 6) is -3.27. The van der Waals surface area contributed by atoms with Crippen LogP contribution in [0.3, 0.4) is 0 Å². The summed E-state index contributed by atoms with van der Waals surface area (Å²) >= 11 is 0. The molecule has 0 saturated heterocycles. The SMILES string of the molecule is C=CCN(CC(=O)N(CCCCN)CC(=O)N(CC(=O)N(CC(=O)N(CCCCN)CC(=O)N(CC=O)CC(C)C)C(C)c1ccccc1)C(C)c1ccccc1)C(=O)CN(CCCCN)C(=O)CNCCCCN. The van der Waals surface area contributed by atoms with Gasteiger partial charge in [-0.15, -0.1) is 6.58 Å². The molecule has 0 spiro atoms. The molecule has 0 radical (unpaired) electrons. The van der Waals surface area contributed by atoms with Gasteiger partial charge in [-0.25, -0.2) is 0 Å². The van der Waals surface area contributed by atoms with Gasteiger partial charge in [-0.2, -0.15) is 0 Å². The molecule has 418 valence electrons. The Hall–Kier alpha value is -6.06. The van der Waals surface area contributed by atoms with E-state index in [4.69, 9.17) is 22.9 Å². The molecule has 0 fully saturated rings. The first-order chi connectivity index (χ1) is 36.1. The summed E-state index contributed by atoms with van der Waals surface area (Å²) in [5, 5.41) is 3.12. The molecule has 0 aliphatic rings. The van der Waals surface area contributed by atoms with E-state index in [2.05, 4.69) is 11.9 Å². The van der Waals surface area contributed by atoms with Crippen LogP contribution in [0, 0.1) is 5.92 Å². The number of amides is 7. The molecular formula is C55H90N12O8. The quantitative estimate of drug-likeness (QED) is 0.0363. The van der Waals surface area contributed by atoms with Gasteiger partial charge in [0.25, 0.3) is 0 Å². The number of unbranched alkanes of at least 4 members (excludes halogenated alkanes) is 4. The fourth-order valence-electron chi connectivity index (χ4n) is 8.37.